The molecule has 0 bridgehead atoms. The van der Waals surface area contributed by atoms with Crippen molar-refractivity contribution < 1.29 is 18.0 Å². The van der Waals surface area contributed by atoms with Crippen molar-refractivity contribution in [2.45, 2.75) is 77.3 Å². The molecule has 0 aliphatic carbocycles. The van der Waals surface area contributed by atoms with E-state index in [4.69, 9.17) is 10.5 Å². The molecule has 2 aromatic rings. The lowest BCUT2D eigenvalue weighted by atomic mass is 10.0. The first-order valence-electron chi connectivity index (χ1n) is 14.4. The molecule has 2 amide bonds. The molecule has 3 rings (SSSR count). The number of carbonyl (C=O) groups excluding carboxylic acids is 2. The van der Waals surface area contributed by atoms with Crippen LogP contribution in [0.1, 0.15) is 84.5 Å². The zero-order chi connectivity index (χ0) is 30.9. The first kappa shape index (κ1) is 33.2. The van der Waals surface area contributed by atoms with Crippen LogP contribution in [0.25, 0.3) is 0 Å². The average Bonchev–Trinajstić information content (AvgIpc) is 3.33. The fraction of sp³-hybridized carbons (Fsp3) is 0.533. The summed E-state index contributed by atoms with van der Waals surface area (Å²) >= 11 is 1.44. The third kappa shape index (κ3) is 7.75. The zero-order valence-corrected chi connectivity index (χ0v) is 26.5. The molecule has 1 aliphatic heterocycles. The summed E-state index contributed by atoms with van der Waals surface area (Å²) in [5, 5.41) is 21.3. The zero-order valence-electron chi connectivity index (χ0n) is 24.9. The summed E-state index contributed by atoms with van der Waals surface area (Å²) in [6.07, 6.45) is 2.40. The van der Waals surface area contributed by atoms with Gasteiger partial charge in [0.1, 0.15) is 5.00 Å². The number of anilines is 1. The fourth-order valence-electron chi connectivity index (χ4n) is 5.00. The van der Waals surface area contributed by atoms with Gasteiger partial charge in [-0.25, -0.2) is 8.42 Å². The van der Waals surface area contributed by atoms with Crippen molar-refractivity contribution in [1.29, 1.82) is 10.5 Å². The lowest BCUT2D eigenvalue weighted by molar-refractivity contribution is 0.0755. The van der Waals surface area contributed by atoms with Crippen molar-refractivity contribution in [2.24, 2.45) is 0 Å². The van der Waals surface area contributed by atoms with Gasteiger partial charge in [-0.2, -0.15) is 14.8 Å². The van der Waals surface area contributed by atoms with E-state index in [1.54, 1.807) is 0 Å². The number of sulfonamides is 1. The van der Waals surface area contributed by atoms with Crippen LogP contribution in [0.2, 0.25) is 0 Å². The van der Waals surface area contributed by atoms with Crippen LogP contribution in [-0.4, -0.2) is 73.1 Å². The van der Waals surface area contributed by atoms with E-state index < -0.39 is 15.9 Å². The second-order valence-corrected chi connectivity index (χ2v) is 13.6. The average molecular weight is 613 g/mol. The van der Waals surface area contributed by atoms with Gasteiger partial charge in [0.05, 0.1) is 22.6 Å². The Morgan fingerprint density at radius 2 is 1.62 bits per heavy atom. The molecule has 0 unspecified atom stereocenters. The molecule has 12 heteroatoms. The van der Waals surface area contributed by atoms with E-state index in [1.807, 2.05) is 30.9 Å². The summed E-state index contributed by atoms with van der Waals surface area (Å²) in [7, 11) is -3.95. The second-order valence-electron chi connectivity index (χ2n) is 10.5. The number of carbonyl (C=O) groups is 2. The summed E-state index contributed by atoms with van der Waals surface area (Å²) in [6.45, 7) is 11.2. The molecule has 0 atom stereocenters. The van der Waals surface area contributed by atoms with Crippen molar-refractivity contribution in [3.63, 3.8) is 0 Å². The maximum Gasteiger partial charge on any atom is 0.257 e. The summed E-state index contributed by atoms with van der Waals surface area (Å²) < 4.78 is 27.4. The summed E-state index contributed by atoms with van der Waals surface area (Å²) in [5.41, 5.74) is 1.83. The van der Waals surface area contributed by atoms with Crippen LogP contribution in [0.4, 0.5) is 5.00 Å². The van der Waals surface area contributed by atoms with E-state index >= 15 is 0 Å². The normalized spacial score (nSPS) is 13.4. The summed E-state index contributed by atoms with van der Waals surface area (Å²) in [4.78, 5) is 32.5. The molecule has 226 valence electrons. The number of benzene rings is 1. The largest absolute Gasteiger partial charge is 0.339 e. The van der Waals surface area contributed by atoms with Crippen LogP contribution in [0.15, 0.2) is 29.2 Å². The lowest BCUT2D eigenvalue weighted by Crippen LogP contribution is -2.37. The molecule has 1 aromatic carbocycles. The topological polar surface area (TPSA) is 138 Å². The molecule has 2 heterocycles. The van der Waals surface area contributed by atoms with Crippen LogP contribution < -0.4 is 5.32 Å². The van der Waals surface area contributed by atoms with Crippen molar-refractivity contribution in [2.75, 3.05) is 38.0 Å². The van der Waals surface area contributed by atoms with E-state index in [1.165, 1.54) is 35.6 Å². The highest BCUT2D eigenvalue weighted by Gasteiger charge is 2.32. The maximum absolute atomic E-state index is 13.8. The Kier molecular flexibility index (Phi) is 12.1. The van der Waals surface area contributed by atoms with Crippen molar-refractivity contribution >= 4 is 38.2 Å². The van der Waals surface area contributed by atoms with E-state index in [2.05, 4.69) is 24.1 Å². The van der Waals surface area contributed by atoms with E-state index in [-0.39, 0.29) is 42.3 Å². The Balaban J connectivity index is 1.91. The first-order chi connectivity index (χ1) is 20.1. The smallest absolute Gasteiger partial charge is 0.257 e. The minimum atomic E-state index is -3.95. The number of nitrogens with one attached hydrogen (secondary N) is 1. The number of thiophene rings is 1. The quantitative estimate of drug-likeness (QED) is 0.322. The first-order valence-corrected chi connectivity index (χ1v) is 16.7. The number of hydrogen-bond acceptors (Lipinski definition) is 8. The molecular formula is C30H40N6O4S2. The van der Waals surface area contributed by atoms with Gasteiger partial charge in [0, 0.05) is 68.6 Å². The number of nitriles is 2. The van der Waals surface area contributed by atoms with Crippen molar-refractivity contribution in [1.82, 2.24) is 14.1 Å². The number of rotatable bonds is 14. The van der Waals surface area contributed by atoms with Crippen molar-refractivity contribution in [3.8, 4) is 12.1 Å². The minimum Gasteiger partial charge on any atom is -0.339 e. The molecule has 1 aromatic heterocycles. The second kappa shape index (κ2) is 15.3. The molecule has 10 nitrogen and oxygen atoms in total. The number of hydrogen-bond donors (Lipinski definition) is 1. The Morgan fingerprint density at radius 3 is 2.14 bits per heavy atom. The molecule has 0 saturated heterocycles. The summed E-state index contributed by atoms with van der Waals surface area (Å²) in [5.74, 6) is -0.503. The third-order valence-electron chi connectivity index (χ3n) is 7.23. The van der Waals surface area contributed by atoms with Gasteiger partial charge in [0.25, 0.3) is 11.8 Å². The van der Waals surface area contributed by atoms with Crippen molar-refractivity contribution in [3.05, 3.63) is 45.8 Å². The van der Waals surface area contributed by atoms with Gasteiger partial charge in [-0.05, 0) is 62.9 Å². The highest BCUT2D eigenvalue weighted by molar-refractivity contribution is 7.89. The van der Waals surface area contributed by atoms with E-state index in [9.17, 15) is 18.0 Å². The van der Waals surface area contributed by atoms with Crippen LogP contribution in [0.3, 0.4) is 0 Å². The molecule has 0 spiro atoms. The van der Waals surface area contributed by atoms with Crippen LogP contribution in [0.5, 0.6) is 0 Å². The van der Waals surface area contributed by atoms with Crippen LogP contribution in [0, 0.1) is 22.7 Å². The minimum absolute atomic E-state index is 0.000138. The monoisotopic (exact) mass is 612 g/mol. The Morgan fingerprint density at radius 1 is 1.02 bits per heavy atom. The Hall–Kier alpha value is -3.29. The van der Waals surface area contributed by atoms with E-state index in [0.29, 0.717) is 29.7 Å². The molecule has 0 fully saturated rings. The van der Waals surface area contributed by atoms with Gasteiger partial charge >= 0.3 is 0 Å². The third-order valence-corrected chi connectivity index (χ3v) is 10.3. The SMILES string of the molecule is CCCN(CCC)C(=O)c1c(NC(=O)c2ccc(S(=O)(=O)N(CCC#N)CCC#N)cc2)sc2c1CCN(C(C)C)C2. The molecular weight excluding hydrogens is 573 g/mol. The van der Waals surface area contributed by atoms with Gasteiger partial charge in [-0.1, -0.05) is 13.8 Å². The van der Waals surface area contributed by atoms with Gasteiger partial charge in [-0.15, -0.1) is 11.3 Å². The van der Waals surface area contributed by atoms with Crippen LogP contribution in [-0.2, 0) is 23.0 Å². The van der Waals surface area contributed by atoms with Gasteiger partial charge in [0.2, 0.25) is 10.0 Å². The predicted octanol–water partition coefficient (Wildman–Crippen LogP) is 4.85. The highest BCUT2D eigenvalue weighted by atomic mass is 32.2. The van der Waals surface area contributed by atoms with Gasteiger partial charge in [0.15, 0.2) is 0 Å². The summed E-state index contributed by atoms with van der Waals surface area (Å²) in [6, 6.07) is 9.81. The van der Waals surface area contributed by atoms with Gasteiger partial charge < -0.3 is 10.2 Å². The molecule has 1 aliphatic rings. The predicted molar refractivity (Wildman–Crippen MR) is 164 cm³/mol. The molecule has 0 saturated carbocycles. The number of nitrogens with zero attached hydrogens (tertiary/aromatic N) is 5. The van der Waals surface area contributed by atoms with Crippen LogP contribution >= 0.6 is 11.3 Å². The molecule has 42 heavy (non-hydrogen) atoms. The Labute approximate surface area is 253 Å². The molecule has 1 N–H and O–H groups in total. The number of amides is 2. The molecule has 0 radical (unpaired) electrons. The van der Waals surface area contributed by atoms with E-state index in [0.717, 1.165) is 47.1 Å². The fourth-order valence-corrected chi connectivity index (χ4v) is 7.70. The standard InChI is InChI=1S/C30H40N6O4S2/c1-5-16-34(17-6-2)30(38)27-25-13-20-35(22(3)4)21-26(25)41-29(27)33-28(37)23-9-11-24(12-10-23)42(39,40)36(18-7-14-31)19-8-15-32/h9-12,22H,5-8,13,16-21H2,1-4H3,(H,33,37). The highest BCUT2D eigenvalue weighted by Crippen LogP contribution is 2.38. The number of fused-ring (bicyclic) bond motifs is 1. The lowest BCUT2D eigenvalue weighted by Gasteiger charge is -2.31. The Bertz CT molecular complexity index is 1410. The maximum atomic E-state index is 13.8. The van der Waals surface area contributed by atoms with Gasteiger partial charge in [-0.3, -0.25) is 14.5 Å².